The van der Waals surface area contributed by atoms with E-state index in [-0.39, 0.29) is 24.5 Å². The average molecular weight is 397 g/mol. The summed E-state index contributed by atoms with van der Waals surface area (Å²) in [5.74, 6) is 0.332. The van der Waals surface area contributed by atoms with Gasteiger partial charge in [-0.2, -0.15) is 0 Å². The third-order valence-electron chi connectivity index (χ3n) is 4.86. The molecule has 0 unspecified atom stereocenters. The van der Waals surface area contributed by atoms with E-state index in [2.05, 4.69) is 5.32 Å². The van der Waals surface area contributed by atoms with E-state index in [1.165, 1.54) is 0 Å². The summed E-state index contributed by atoms with van der Waals surface area (Å²) in [5.41, 5.74) is 3.08. The van der Waals surface area contributed by atoms with Crippen molar-refractivity contribution in [3.63, 3.8) is 0 Å². The predicted molar refractivity (Wildman–Crippen MR) is 116 cm³/mol. The highest BCUT2D eigenvalue weighted by atomic mass is 16.5. The van der Waals surface area contributed by atoms with Gasteiger partial charge in [-0.25, -0.2) is 0 Å². The van der Waals surface area contributed by atoms with Crippen LogP contribution in [0.3, 0.4) is 0 Å². The van der Waals surface area contributed by atoms with E-state index in [1.54, 1.807) is 4.90 Å². The summed E-state index contributed by atoms with van der Waals surface area (Å²) >= 11 is 0. The highest BCUT2D eigenvalue weighted by Crippen LogP contribution is 2.18. The van der Waals surface area contributed by atoms with Crippen molar-refractivity contribution >= 4 is 11.8 Å². The maximum atomic E-state index is 13.2. The molecule has 0 heterocycles. The van der Waals surface area contributed by atoms with Gasteiger partial charge in [-0.3, -0.25) is 9.59 Å². The molecule has 0 aliphatic heterocycles. The number of aryl methyl sites for hydroxylation is 2. The van der Waals surface area contributed by atoms with Gasteiger partial charge in [-0.15, -0.1) is 0 Å². The molecular formula is C24H32N2O3. The first-order valence-electron chi connectivity index (χ1n) is 10.2. The second-order valence-electron chi connectivity index (χ2n) is 7.59. The fourth-order valence-corrected chi connectivity index (χ4v) is 3.21. The number of hydrogen-bond acceptors (Lipinski definition) is 3. The molecule has 0 aliphatic rings. The van der Waals surface area contributed by atoms with Gasteiger partial charge >= 0.3 is 0 Å². The summed E-state index contributed by atoms with van der Waals surface area (Å²) in [5, 5.41) is 2.94. The molecule has 2 rings (SSSR count). The fourth-order valence-electron chi connectivity index (χ4n) is 3.21. The number of hydrogen-bond donors (Lipinski definition) is 1. The molecule has 1 N–H and O–H groups in total. The van der Waals surface area contributed by atoms with Crippen LogP contribution in [0.25, 0.3) is 0 Å². The molecule has 5 heteroatoms. The Labute approximate surface area is 174 Å². The number of benzene rings is 2. The molecule has 2 aromatic rings. The zero-order chi connectivity index (χ0) is 21.4. The van der Waals surface area contributed by atoms with Gasteiger partial charge in [0.15, 0.2) is 6.61 Å². The topological polar surface area (TPSA) is 58.6 Å². The van der Waals surface area contributed by atoms with Crippen molar-refractivity contribution in [1.29, 1.82) is 0 Å². The highest BCUT2D eigenvalue weighted by molar-refractivity contribution is 5.88. The van der Waals surface area contributed by atoms with Crippen molar-refractivity contribution in [3.8, 4) is 5.75 Å². The lowest BCUT2D eigenvalue weighted by Crippen LogP contribution is -2.51. The SMILES string of the molecule is CC[C@H](C(=O)NC(C)C)N(Cc1ccccc1C)C(=O)COc1ccccc1C. The van der Waals surface area contributed by atoms with Gasteiger partial charge in [0.1, 0.15) is 11.8 Å². The summed E-state index contributed by atoms with van der Waals surface area (Å²) in [7, 11) is 0. The molecule has 156 valence electrons. The van der Waals surface area contributed by atoms with Crippen LogP contribution in [0.2, 0.25) is 0 Å². The maximum Gasteiger partial charge on any atom is 0.261 e. The van der Waals surface area contributed by atoms with Crippen LogP contribution < -0.4 is 10.1 Å². The van der Waals surface area contributed by atoms with Crippen LogP contribution in [0.4, 0.5) is 0 Å². The number of carbonyl (C=O) groups excluding carboxylic acids is 2. The molecule has 0 saturated carbocycles. The molecule has 0 fully saturated rings. The third-order valence-corrected chi connectivity index (χ3v) is 4.86. The molecule has 2 amide bonds. The van der Waals surface area contributed by atoms with Crippen LogP contribution in [0.1, 0.15) is 43.9 Å². The van der Waals surface area contributed by atoms with E-state index in [1.807, 2.05) is 83.1 Å². The van der Waals surface area contributed by atoms with Crippen LogP contribution in [-0.2, 0) is 16.1 Å². The van der Waals surface area contributed by atoms with E-state index in [0.717, 1.165) is 16.7 Å². The van der Waals surface area contributed by atoms with Gasteiger partial charge in [-0.1, -0.05) is 49.4 Å². The lowest BCUT2D eigenvalue weighted by molar-refractivity contribution is -0.143. The number of nitrogens with one attached hydrogen (secondary N) is 1. The Bertz CT molecular complexity index is 832. The minimum absolute atomic E-state index is 0.00943. The Morgan fingerprint density at radius 1 is 1.00 bits per heavy atom. The first-order valence-corrected chi connectivity index (χ1v) is 10.2. The third kappa shape index (κ3) is 6.34. The predicted octanol–water partition coefficient (Wildman–Crippen LogP) is 4.01. The van der Waals surface area contributed by atoms with Crippen LogP contribution >= 0.6 is 0 Å². The number of para-hydroxylation sites is 1. The van der Waals surface area contributed by atoms with E-state index >= 15 is 0 Å². The highest BCUT2D eigenvalue weighted by Gasteiger charge is 2.29. The maximum absolute atomic E-state index is 13.2. The van der Waals surface area contributed by atoms with E-state index < -0.39 is 6.04 Å². The van der Waals surface area contributed by atoms with Crippen molar-refractivity contribution in [3.05, 3.63) is 65.2 Å². The van der Waals surface area contributed by atoms with Gasteiger partial charge in [0.25, 0.3) is 5.91 Å². The lowest BCUT2D eigenvalue weighted by atomic mass is 10.1. The molecule has 0 radical (unpaired) electrons. The van der Waals surface area contributed by atoms with Gasteiger partial charge in [0, 0.05) is 12.6 Å². The molecule has 0 aliphatic carbocycles. The summed E-state index contributed by atoms with van der Waals surface area (Å²) in [6.07, 6.45) is 0.528. The van der Waals surface area contributed by atoms with Gasteiger partial charge < -0.3 is 15.0 Å². The Kier molecular flexibility index (Phi) is 8.25. The zero-order valence-corrected chi connectivity index (χ0v) is 18.1. The summed E-state index contributed by atoms with van der Waals surface area (Å²) in [4.78, 5) is 27.6. The Hall–Kier alpha value is -2.82. The molecule has 0 spiro atoms. The Morgan fingerprint density at radius 3 is 2.21 bits per heavy atom. The van der Waals surface area contributed by atoms with Crippen LogP contribution in [0.5, 0.6) is 5.75 Å². The summed E-state index contributed by atoms with van der Waals surface area (Å²) in [6, 6.07) is 15.0. The summed E-state index contributed by atoms with van der Waals surface area (Å²) < 4.78 is 5.78. The second-order valence-corrected chi connectivity index (χ2v) is 7.59. The molecule has 2 aromatic carbocycles. The van der Waals surface area contributed by atoms with E-state index in [0.29, 0.717) is 18.7 Å². The standard InChI is InChI=1S/C24H32N2O3/c1-6-21(24(28)25-17(2)3)26(15-20-13-9-7-11-18(20)4)23(27)16-29-22-14-10-8-12-19(22)5/h7-14,17,21H,6,15-16H2,1-5H3,(H,25,28)/t21-/m1/s1. The van der Waals surface area contributed by atoms with Gasteiger partial charge in [-0.05, 0) is 56.9 Å². The van der Waals surface area contributed by atoms with Crippen molar-refractivity contribution in [2.75, 3.05) is 6.61 Å². The summed E-state index contributed by atoms with van der Waals surface area (Å²) in [6.45, 7) is 9.96. The Morgan fingerprint density at radius 2 is 1.62 bits per heavy atom. The van der Waals surface area contributed by atoms with Crippen LogP contribution in [0.15, 0.2) is 48.5 Å². The average Bonchev–Trinajstić information content (AvgIpc) is 2.68. The van der Waals surface area contributed by atoms with Crippen molar-refractivity contribution < 1.29 is 14.3 Å². The van der Waals surface area contributed by atoms with Crippen LogP contribution in [-0.4, -0.2) is 35.4 Å². The van der Waals surface area contributed by atoms with Crippen LogP contribution in [0, 0.1) is 13.8 Å². The first-order chi connectivity index (χ1) is 13.8. The number of amides is 2. The van der Waals surface area contributed by atoms with E-state index in [4.69, 9.17) is 4.74 Å². The molecule has 0 aromatic heterocycles. The van der Waals surface area contributed by atoms with Crippen molar-refractivity contribution in [2.24, 2.45) is 0 Å². The number of ether oxygens (including phenoxy) is 1. The van der Waals surface area contributed by atoms with Gasteiger partial charge in [0.05, 0.1) is 0 Å². The second kappa shape index (κ2) is 10.6. The fraction of sp³-hybridized carbons (Fsp3) is 0.417. The number of rotatable bonds is 9. The molecule has 0 bridgehead atoms. The molecule has 1 atom stereocenters. The largest absolute Gasteiger partial charge is 0.484 e. The van der Waals surface area contributed by atoms with Crippen molar-refractivity contribution in [1.82, 2.24) is 10.2 Å². The quantitative estimate of drug-likeness (QED) is 0.697. The molecule has 0 saturated heterocycles. The number of carbonyl (C=O) groups is 2. The molecule has 29 heavy (non-hydrogen) atoms. The van der Waals surface area contributed by atoms with Gasteiger partial charge in [0.2, 0.25) is 5.91 Å². The molecular weight excluding hydrogens is 364 g/mol. The molecule has 5 nitrogen and oxygen atoms in total. The minimum Gasteiger partial charge on any atom is -0.484 e. The van der Waals surface area contributed by atoms with E-state index in [9.17, 15) is 9.59 Å². The minimum atomic E-state index is -0.551. The Balaban J connectivity index is 2.24. The first kappa shape index (κ1) is 22.5. The monoisotopic (exact) mass is 396 g/mol. The normalized spacial score (nSPS) is 11.8. The lowest BCUT2D eigenvalue weighted by Gasteiger charge is -2.31. The smallest absolute Gasteiger partial charge is 0.261 e. The number of nitrogens with zero attached hydrogens (tertiary/aromatic N) is 1. The van der Waals surface area contributed by atoms with Crippen molar-refractivity contribution in [2.45, 2.75) is 59.7 Å². The zero-order valence-electron chi connectivity index (χ0n) is 18.1.